The number of nitrogens with one attached hydrogen (secondary N) is 1. The highest BCUT2D eigenvalue weighted by Crippen LogP contribution is 1.68. The van der Waals surface area contributed by atoms with E-state index in [4.69, 9.17) is 11.5 Å². The zero-order valence-electron chi connectivity index (χ0n) is 5.55. The molecule has 0 saturated carbocycles. The maximum Gasteiger partial charge on any atom is 0.216 e. The molecule has 0 aromatic carbocycles. The average molecular weight is 131 g/mol. The highest BCUT2D eigenvalue weighted by atomic mass is 16.1. The molecule has 0 rings (SSSR count). The first-order valence-electron chi connectivity index (χ1n) is 2.87. The van der Waals surface area contributed by atoms with Crippen LogP contribution in [0.5, 0.6) is 0 Å². The van der Waals surface area contributed by atoms with Crippen molar-refractivity contribution in [3.8, 4) is 0 Å². The monoisotopic (exact) mass is 131 g/mol. The molecule has 4 nitrogen and oxygen atoms in total. The molecule has 0 aromatic heterocycles. The van der Waals surface area contributed by atoms with Crippen LogP contribution in [0.4, 0.5) is 0 Å². The van der Waals surface area contributed by atoms with Gasteiger partial charge in [-0.05, 0) is 0 Å². The molecule has 9 heavy (non-hydrogen) atoms. The van der Waals surface area contributed by atoms with Gasteiger partial charge in [-0.2, -0.15) is 0 Å². The molecule has 5 N–H and O–H groups in total. The maximum atomic E-state index is 10.3. The highest BCUT2D eigenvalue weighted by Gasteiger charge is 1.97. The Morgan fingerprint density at radius 1 is 1.78 bits per heavy atom. The molecule has 0 spiro atoms. The Kier molecular flexibility index (Phi) is 4.00. The molecule has 0 fully saturated rings. The van der Waals surface area contributed by atoms with Crippen LogP contribution < -0.4 is 16.8 Å². The van der Waals surface area contributed by atoms with Gasteiger partial charge in [-0.1, -0.05) is 0 Å². The third kappa shape index (κ3) is 5.26. The maximum absolute atomic E-state index is 10.3. The third-order valence-corrected chi connectivity index (χ3v) is 0.916. The van der Waals surface area contributed by atoms with Crippen LogP contribution in [0, 0.1) is 0 Å². The number of carbonyl (C=O) groups is 1. The third-order valence-electron chi connectivity index (χ3n) is 0.916. The quantitative estimate of drug-likeness (QED) is 0.432. The second-order valence-electron chi connectivity index (χ2n) is 1.93. The summed E-state index contributed by atoms with van der Waals surface area (Å²) < 4.78 is 0. The lowest BCUT2D eigenvalue weighted by Gasteiger charge is -2.07. The lowest BCUT2D eigenvalue weighted by atomic mass is 10.3. The van der Waals surface area contributed by atoms with Crippen molar-refractivity contribution in [1.29, 1.82) is 0 Å². The molecule has 0 bridgehead atoms. The van der Waals surface area contributed by atoms with Crippen LogP contribution in [0.15, 0.2) is 0 Å². The summed E-state index contributed by atoms with van der Waals surface area (Å²) in [6.07, 6.45) is 0. The molecule has 0 aromatic rings. The van der Waals surface area contributed by atoms with Crippen LogP contribution in [-0.2, 0) is 4.79 Å². The molecule has 0 aliphatic carbocycles. The first-order valence-corrected chi connectivity index (χ1v) is 2.87. The van der Waals surface area contributed by atoms with Crippen molar-refractivity contribution in [2.45, 2.75) is 13.0 Å². The van der Waals surface area contributed by atoms with Gasteiger partial charge >= 0.3 is 0 Å². The Hall–Kier alpha value is -0.610. The van der Waals surface area contributed by atoms with Gasteiger partial charge < -0.3 is 16.8 Å². The van der Waals surface area contributed by atoms with Gasteiger partial charge in [0.2, 0.25) is 5.91 Å². The van der Waals surface area contributed by atoms with Gasteiger partial charge in [0.15, 0.2) is 0 Å². The molecule has 0 heterocycles. The standard InChI is InChI=1S/C5H13N3O/c1-4(9)8-3-5(7)2-6/h5H,2-3,6-7H2,1H3,(H,8,9). The van der Waals surface area contributed by atoms with E-state index >= 15 is 0 Å². The van der Waals surface area contributed by atoms with Crippen molar-refractivity contribution in [3.05, 3.63) is 0 Å². The van der Waals surface area contributed by atoms with Gasteiger partial charge in [0.1, 0.15) is 0 Å². The van der Waals surface area contributed by atoms with Gasteiger partial charge in [-0.3, -0.25) is 4.79 Å². The van der Waals surface area contributed by atoms with Gasteiger partial charge in [-0.15, -0.1) is 0 Å². The molecule has 0 saturated heterocycles. The Balaban J connectivity index is 3.16. The van der Waals surface area contributed by atoms with Gasteiger partial charge in [-0.25, -0.2) is 0 Å². The van der Waals surface area contributed by atoms with Gasteiger partial charge in [0.25, 0.3) is 0 Å². The largest absolute Gasteiger partial charge is 0.355 e. The van der Waals surface area contributed by atoms with E-state index in [1.165, 1.54) is 6.92 Å². The summed E-state index contributed by atoms with van der Waals surface area (Å²) in [5.74, 6) is -0.0705. The number of carbonyl (C=O) groups excluding carboxylic acids is 1. The highest BCUT2D eigenvalue weighted by molar-refractivity contribution is 5.72. The van der Waals surface area contributed by atoms with Gasteiger partial charge in [0, 0.05) is 26.1 Å². The van der Waals surface area contributed by atoms with Crippen molar-refractivity contribution in [2.24, 2.45) is 11.5 Å². The smallest absolute Gasteiger partial charge is 0.216 e. The van der Waals surface area contributed by atoms with E-state index < -0.39 is 0 Å². The molecule has 1 atom stereocenters. The molecule has 1 unspecified atom stereocenters. The van der Waals surface area contributed by atoms with Crippen LogP contribution in [0.2, 0.25) is 0 Å². The van der Waals surface area contributed by atoms with Crippen LogP contribution in [-0.4, -0.2) is 25.0 Å². The van der Waals surface area contributed by atoms with Crippen molar-refractivity contribution < 1.29 is 4.79 Å². The zero-order valence-corrected chi connectivity index (χ0v) is 5.55. The van der Waals surface area contributed by atoms with Crippen LogP contribution in [0.25, 0.3) is 0 Å². The van der Waals surface area contributed by atoms with E-state index in [-0.39, 0.29) is 11.9 Å². The average Bonchev–Trinajstić information content (AvgIpc) is 1.83. The predicted octanol–water partition coefficient (Wildman–Crippen LogP) is -1.59. The van der Waals surface area contributed by atoms with E-state index in [1.54, 1.807) is 0 Å². The second kappa shape index (κ2) is 4.29. The number of hydrogen-bond acceptors (Lipinski definition) is 3. The van der Waals surface area contributed by atoms with Crippen molar-refractivity contribution >= 4 is 5.91 Å². The normalized spacial score (nSPS) is 12.8. The number of amides is 1. The first kappa shape index (κ1) is 8.39. The van der Waals surface area contributed by atoms with E-state index in [0.717, 1.165) is 0 Å². The summed E-state index contributed by atoms with van der Waals surface area (Å²) in [6.45, 7) is 2.31. The summed E-state index contributed by atoms with van der Waals surface area (Å²) in [4.78, 5) is 10.3. The van der Waals surface area contributed by atoms with E-state index in [9.17, 15) is 4.79 Å². The summed E-state index contributed by atoms with van der Waals surface area (Å²) in [6, 6.07) is -0.117. The minimum atomic E-state index is -0.117. The summed E-state index contributed by atoms with van der Waals surface area (Å²) in [5.41, 5.74) is 10.6. The number of hydrogen-bond donors (Lipinski definition) is 3. The molecular weight excluding hydrogens is 118 g/mol. The summed E-state index contributed by atoms with van der Waals surface area (Å²) in [7, 11) is 0. The molecule has 0 aliphatic rings. The van der Waals surface area contributed by atoms with Crippen molar-refractivity contribution in [1.82, 2.24) is 5.32 Å². The predicted molar refractivity (Wildman–Crippen MR) is 35.7 cm³/mol. The molecular formula is C5H13N3O. The van der Waals surface area contributed by atoms with E-state index in [2.05, 4.69) is 5.32 Å². The lowest BCUT2D eigenvalue weighted by Crippen LogP contribution is -2.41. The van der Waals surface area contributed by atoms with E-state index in [1.807, 2.05) is 0 Å². The fourth-order valence-electron chi connectivity index (χ4n) is 0.358. The van der Waals surface area contributed by atoms with Crippen molar-refractivity contribution in [3.63, 3.8) is 0 Å². The van der Waals surface area contributed by atoms with Crippen LogP contribution >= 0.6 is 0 Å². The summed E-state index contributed by atoms with van der Waals surface area (Å²) >= 11 is 0. The molecule has 54 valence electrons. The molecule has 0 radical (unpaired) electrons. The van der Waals surface area contributed by atoms with Crippen molar-refractivity contribution in [2.75, 3.05) is 13.1 Å². The fraction of sp³-hybridized carbons (Fsp3) is 0.800. The Morgan fingerprint density at radius 3 is 2.67 bits per heavy atom. The lowest BCUT2D eigenvalue weighted by molar-refractivity contribution is -0.119. The minimum absolute atomic E-state index is 0.0705. The summed E-state index contributed by atoms with van der Waals surface area (Å²) in [5, 5.41) is 2.55. The Labute approximate surface area is 54.6 Å². The number of nitrogens with two attached hydrogens (primary N) is 2. The SMILES string of the molecule is CC(=O)NCC(N)CN. The topological polar surface area (TPSA) is 81.1 Å². The number of rotatable bonds is 3. The Bertz CT molecular complexity index is 94.2. The second-order valence-corrected chi connectivity index (χ2v) is 1.93. The molecule has 4 heteroatoms. The Morgan fingerprint density at radius 2 is 2.33 bits per heavy atom. The van der Waals surface area contributed by atoms with Crippen LogP contribution in [0.1, 0.15) is 6.92 Å². The van der Waals surface area contributed by atoms with Crippen LogP contribution in [0.3, 0.4) is 0 Å². The molecule has 1 amide bonds. The van der Waals surface area contributed by atoms with E-state index in [0.29, 0.717) is 13.1 Å². The first-order chi connectivity index (χ1) is 4.16. The van der Waals surface area contributed by atoms with Gasteiger partial charge in [0.05, 0.1) is 0 Å². The minimum Gasteiger partial charge on any atom is -0.355 e. The molecule has 0 aliphatic heterocycles. The zero-order chi connectivity index (χ0) is 7.28. The fourth-order valence-corrected chi connectivity index (χ4v) is 0.358.